The smallest absolute Gasteiger partial charge is 0.416 e. The van der Waals surface area contributed by atoms with Crippen molar-refractivity contribution in [2.45, 2.75) is 6.18 Å². The number of ether oxygens (including phenoxy) is 2. The van der Waals surface area contributed by atoms with Crippen molar-refractivity contribution in [1.82, 2.24) is 0 Å². The van der Waals surface area contributed by atoms with Crippen LogP contribution in [0, 0.1) is 6.07 Å². The highest BCUT2D eigenvalue weighted by Gasteiger charge is 2.31. The standard InChI is InChI=1S/C12H9BrF3N2O2/c13-5-2-6-19-11-17-18(8-20-11)10-4-1-3-9(7-10)12(14,15)16/h1-3,5,7H,6,8H2/b5-2-. The summed E-state index contributed by atoms with van der Waals surface area (Å²) in [7, 11) is 0. The maximum absolute atomic E-state index is 12.6. The SMILES string of the molecule is FC(F)(F)c1cc[c]c(N2COC(OC/C=C\Br)=N2)c1. The number of halogens is 4. The fraction of sp³-hybridized carbons (Fsp3) is 0.250. The van der Waals surface area contributed by atoms with Gasteiger partial charge in [-0.2, -0.15) is 13.2 Å². The second kappa shape index (κ2) is 6.17. The van der Waals surface area contributed by atoms with E-state index in [4.69, 9.17) is 9.47 Å². The summed E-state index contributed by atoms with van der Waals surface area (Å²) in [5, 5.41) is 5.15. The highest BCUT2D eigenvalue weighted by atomic mass is 79.9. The molecule has 107 valence electrons. The van der Waals surface area contributed by atoms with Gasteiger partial charge in [0.15, 0.2) is 6.73 Å². The van der Waals surface area contributed by atoms with E-state index >= 15 is 0 Å². The van der Waals surface area contributed by atoms with E-state index in [1.807, 2.05) is 0 Å². The fourth-order valence-corrected chi connectivity index (χ4v) is 1.55. The fourth-order valence-electron chi connectivity index (χ4n) is 1.40. The van der Waals surface area contributed by atoms with Crippen LogP contribution in [0.5, 0.6) is 0 Å². The second-order valence-corrected chi connectivity index (χ2v) is 4.20. The van der Waals surface area contributed by atoms with Gasteiger partial charge in [0.1, 0.15) is 6.61 Å². The minimum atomic E-state index is -4.41. The van der Waals surface area contributed by atoms with Gasteiger partial charge in [-0.15, -0.1) is 0 Å². The summed E-state index contributed by atoms with van der Waals surface area (Å²) in [6.07, 6.45) is -2.74. The molecule has 0 unspecified atom stereocenters. The molecule has 4 nitrogen and oxygen atoms in total. The third-order valence-electron chi connectivity index (χ3n) is 2.30. The summed E-state index contributed by atoms with van der Waals surface area (Å²) in [5.41, 5.74) is -0.604. The lowest BCUT2D eigenvalue weighted by Gasteiger charge is -2.13. The molecule has 20 heavy (non-hydrogen) atoms. The lowest BCUT2D eigenvalue weighted by Crippen LogP contribution is -2.14. The molecule has 0 aliphatic carbocycles. The van der Waals surface area contributed by atoms with Crippen LogP contribution in [0.3, 0.4) is 0 Å². The first-order chi connectivity index (χ1) is 9.50. The monoisotopic (exact) mass is 349 g/mol. The van der Waals surface area contributed by atoms with Crippen LogP contribution in [-0.4, -0.2) is 19.4 Å². The largest absolute Gasteiger partial charge is 0.445 e. The summed E-state index contributed by atoms with van der Waals surface area (Å²) in [5.74, 6) is 0. The van der Waals surface area contributed by atoms with Crippen LogP contribution in [0.4, 0.5) is 18.9 Å². The van der Waals surface area contributed by atoms with Crippen molar-refractivity contribution in [3.63, 3.8) is 0 Å². The molecule has 0 N–H and O–H groups in total. The van der Waals surface area contributed by atoms with E-state index in [9.17, 15) is 13.2 Å². The van der Waals surface area contributed by atoms with Gasteiger partial charge in [-0.1, -0.05) is 27.1 Å². The number of nitrogens with zero attached hydrogens (tertiary/aromatic N) is 2. The van der Waals surface area contributed by atoms with Gasteiger partial charge in [0, 0.05) is 6.07 Å². The Bertz CT molecular complexity index is 532. The van der Waals surface area contributed by atoms with Crippen molar-refractivity contribution >= 4 is 27.7 Å². The van der Waals surface area contributed by atoms with E-state index in [1.54, 1.807) is 11.1 Å². The van der Waals surface area contributed by atoms with Crippen molar-refractivity contribution < 1.29 is 22.6 Å². The van der Waals surface area contributed by atoms with Crippen LogP contribution in [0.1, 0.15) is 5.56 Å². The number of benzene rings is 1. The van der Waals surface area contributed by atoms with Crippen LogP contribution < -0.4 is 5.01 Å². The lowest BCUT2D eigenvalue weighted by molar-refractivity contribution is -0.137. The molecule has 0 bridgehead atoms. The Kier molecular flexibility index (Phi) is 4.53. The van der Waals surface area contributed by atoms with Crippen LogP contribution in [0.25, 0.3) is 0 Å². The van der Waals surface area contributed by atoms with Gasteiger partial charge in [-0.05, 0) is 23.2 Å². The van der Waals surface area contributed by atoms with E-state index in [0.29, 0.717) is 0 Å². The van der Waals surface area contributed by atoms with Gasteiger partial charge in [0.2, 0.25) is 0 Å². The second-order valence-electron chi connectivity index (χ2n) is 3.67. The van der Waals surface area contributed by atoms with Gasteiger partial charge in [0.25, 0.3) is 0 Å². The predicted molar refractivity (Wildman–Crippen MR) is 70.2 cm³/mol. The number of hydrogen-bond acceptors (Lipinski definition) is 4. The first-order valence-corrected chi connectivity index (χ1v) is 6.38. The summed E-state index contributed by atoms with van der Waals surface area (Å²) in [6, 6.07) is 5.77. The first-order valence-electron chi connectivity index (χ1n) is 5.46. The van der Waals surface area contributed by atoms with Gasteiger partial charge < -0.3 is 9.47 Å². The van der Waals surface area contributed by atoms with Crippen molar-refractivity contribution in [2.24, 2.45) is 5.10 Å². The molecule has 8 heteroatoms. The van der Waals surface area contributed by atoms with Crippen LogP contribution >= 0.6 is 15.9 Å². The Balaban J connectivity index is 2.09. The molecular weight excluding hydrogens is 341 g/mol. The van der Waals surface area contributed by atoms with Crippen molar-refractivity contribution in [2.75, 3.05) is 18.3 Å². The Morgan fingerprint density at radius 2 is 2.35 bits per heavy atom. The Morgan fingerprint density at radius 1 is 1.55 bits per heavy atom. The van der Waals surface area contributed by atoms with Crippen molar-refractivity contribution in [3.05, 3.63) is 40.9 Å². The van der Waals surface area contributed by atoms with Crippen LogP contribution in [0.2, 0.25) is 0 Å². The zero-order valence-electron chi connectivity index (χ0n) is 10.0. The summed E-state index contributed by atoms with van der Waals surface area (Å²) in [6.45, 7) is 0.218. The molecule has 1 radical (unpaired) electrons. The third-order valence-corrected chi connectivity index (χ3v) is 2.67. The molecule has 0 saturated carbocycles. The van der Waals surface area contributed by atoms with Gasteiger partial charge in [0.05, 0.1) is 11.3 Å². The van der Waals surface area contributed by atoms with E-state index < -0.39 is 11.7 Å². The zero-order chi connectivity index (χ0) is 14.6. The number of hydrazone groups is 1. The maximum Gasteiger partial charge on any atom is 0.416 e. The normalized spacial score (nSPS) is 15.4. The predicted octanol–water partition coefficient (Wildman–Crippen LogP) is 3.50. The summed E-state index contributed by atoms with van der Waals surface area (Å²) < 4.78 is 48.0. The molecule has 1 heterocycles. The number of anilines is 1. The van der Waals surface area contributed by atoms with Crippen molar-refractivity contribution in [1.29, 1.82) is 0 Å². The Labute approximate surface area is 121 Å². The highest BCUT2D eigenvalue weighted by Crippen LogP contribution is 2.31. The quantitative estimate of drug-likeness (QED) is 0.837. The molecule has 0 fully saturated rings. The molecule has 0 spiro atoms. The molecule has 1 aromatic carbocycles. The number of alkyl halides is 3. The molecule has 0 atom stereocenters. The topological polar surface area (TPSA) is 34.1 Å². The third kappa shape index (κ3) is 3.66. The van der Waals surface area contributed by atoms with Gasteiger partial charge in [-0.25, -0.2) is 5.01 Å². The molecule has 2 rings (SSSR count). The molecule has 1 aromatic rings. The van der Waals surface area contributed by atoms with Crippen molar-refractivity contribution in [3.8, 4) is 0 Å². The van der Waals surface area contributed by atoms with Crippen LogP contribution in [0.15, 0.2) is 34.4 Å². The Hall–Kier alpha value is -1.70. The summed E-state index contributed by atoms with van der Waals surface area (Å²) >= 11 is 3.07. The van der Waals surface area contributed by atoms with Crippen LogP contribution in [-0.2, 0) is 15.7 Å². The van der Waals surface area contributed by atoms with Gasteiger partial charge in [-0.3, -0.25) is 0 Å². The summed E-state index contributed by atoms with van der Waals surface area (Å²) in [4.78, 5) is 1.61. The molecule has 1 aliphatic heterocycles. The molecule has 1 aliphatic rings. The minimum Gasteiger partial charge on any atom is -0.445 e. The first kappa shape index (κ1) is 14.7. The van der Waals surface area contributed by atoms with Gasteiger partial charge >= 0.3 is 12.3 Å². The average Bonchev–Trinajstić information content (AvgIpc) is 2.87. The Morgan fingerprint density at radius 3 is 3.05 bits per heavy atom. The number of hydrogen-bond donors (Lipinski definition) is 0. The minimum absolute atomic E-state index is 0.00131. The van der Waals surface area contributed by atoms with E-state index in [0.717, 1.165) is 12.1 Å². The van der Waals surface area contributed by atoms with E-state index in [2.05, 4.69) is 27.1 Å². The number of rotatable bonds is 3. The van der Waals surface area contributed by atoms with E-state index in [-0.39, 0.29) is 25.1 Å². The molecule has 0 saturated heterocycles. The molecule has 0 aromatic heterocycles. The van der Waals surface area contributed by atoms with E-state index in [1.165, 1.54) is 11.1 Å². The zero-order valence-corrected chi connectivity index (χ0v) is 11.6. The molecular formula is C12H9BrF3N2O2. The maximum atomic E-state index is 12.6. The lowest BCUT2D eigenvalue weighted by atomic mass is 10.2. The highest BCUT2D eigenvalue weighted by molar-refractivity contribution is 9.11. The molecule has 0 amide bonds. The average molecular weight is 350 g/mol.